The van der Waals surface area contributed by atoms with Crippen LogP contribution in [0.5, 0.6) is 0 Å². The monoisotopic (exact) mass is 385 g/mol. The third-order valence-corrected chi connectivity index (χ3v) is 5.52. The summed E-state index contributed by atoms with van der Waals surface area (Å²) in [6.07, 6.45) is 2.49. The van der Waals surface area contributed by atoms with Crippen LogP contribution in [0, 0.1) is 19.7 Å². The van der Waals surface area contributed by atoms with Gasteiger partial charge in [0.15, 0.2) is 0 Å². The van der Waals surface area contributed by atoms with Gasteiger partial charge in [-0.15, -0.1) is 12.4 Å². The SMILES string of the molecule is Cc1nn(-c2ccc(F)cc2)c(C)c1CNCC1(c2ccccc2)CC1.Cl. The lowest BCUT2D eigenvalue weighted by Gasteiger charge is -2.16. The molecule has 0 amide bonds. The second-order valence-electron chi connectivity index (χ2n) is 7.29. The van der Waals surface area contributed by atoms with E-state index in [2.05, 4.69) is 47.7 Å². The zero-order chi connectivity index (χ0) is 18.1. The Morgan fingerprint density at radius 2 is 1.70 bits per heavy atom. The van der Waals surface area contributed by atoms with E-state index in [-0.39, 0.29) is 18.2 Å². The van der Waals surface area contributed by atoms with E-state index in [1.165, 1.54) is 36.1 Å². The molecule has 1 fully saturated rings. The summed E-state index contributed by atoms with van der Waals surface area (Å²) in [4.78, 5) is 0. The number of hydrogen-bond acceptors (Lipinski definition) is 2. The third kappa shape index (κ3) is 3.92. The number of benzene rings is 2. The minimum Gasteiger partial charge on any atom is -0.312 e. The lowest BCUT2D eigenvalue weighted by atomic mass is 9.96. The molecule has 5 heteroatoms. The fourth-order valence-corrected chi connectivity index (χ4v) is 3.70. The van der Waals surface area contributed by atoms with Gasteiger partial charge in [0, 0.05) is 29.8 Å². The lowest BCUT2D eigenvalue weighted by molar-refractivity contribution is 0.572. The highest BCUT2D eigenvalue weighted by Crippen LogP contribution is 2.47. The van der Waals surface area contributed by atoms with E-state index in [1.807, 2.05) is 11.6 Å². The standard InChI is InChI=1S/C22H24FN3.ClH/c1-16-21(17(2)26(25-16)20-10-8-19(23)9-11-20)14-24-15-22(12-13-22)18-6-4-3-5-7-18;/h3-11,24H,12-15H2,1-2H3;1H. The third-order valence-electron chi connectivity index (χ3n) is 5.52. The van der Waals surface area contributed by atoms with E-state index in [9.17, 15) is 4.39 Å². The fraction of sp³-hybridized carbons (Fsp3) is 0.318. The van der Waals surface area contributed by atoms with Crippen LogP contribution < -0.4 is 5.32 Å². The van der Waals surface area contributed by atoms with Crippen molar-refractivity contribution < 1.29 is 4.39 Å². The summed E-state index contributed by atoms with van der Waals surface area (Å²) in [6.45, 7) is 5.89. The van der Waals surface area contributed by atoms with E-state index in [1.54, 1.807) is 12.1 Å². The maximum Gasteiger partial charge on any atom is 0.123 e. The molecule has 0 unspecified atom stereocenters. The van der Waals surface area contributed by atoms with Crippen LogP contribution in [-0.2, 0) is 12.0 Å². The highest BCUT2D eigenvalue weighted by atomic mass is 35.5. The molecule has 0 atom stereocenters. The van der Waals surface area contributed by atoms with E-state index in [0.29, 0.717) is 5.41 Å². The molecule has 27 heavy (non-hydrogen) atoms. The van der Waals surface area contributed by atoms with Gasteiger partial charge in [-0.1, -0.05) is 30.3 Å². The second-order valence-corrected chi connectivity index (χ2v) is 7.29. The first-order valence-corrected chi connectivity index (χ1v) is 9.16. The number of rotatable bonds is 6. The Morgan fingerprint density at radius 3 is 2.33 bits per heavy atom. The molecule has 1 N–H and O–H groups in total. The summed E-state index contributed by atoms with van der Waals surface area (Å²) in [7, 11) is 0. The Kier molecular flexibility index (Phi) is 5.68. The molecular weight excluding hydrogens is 361 g/mol. The summed E-state index contributed by atoms with van der Waals surface area (Å²) in [5.74, 6) is -0.229. The molecule has 0 spiro atoms. The fourth-order valence-electron chi connectivity index (χ4n) is 3.70. The summed E-state index contributed by atoms with van der Waals surface area (Å²) < 4.78 is 15.1. The number of halogens is 2. The summed E-state index contributed by atoms with van der Waals surface area (Å²) in [5.41, 5.74) is 5.97. The van der Waals surface area contributed by atoms with E-state index < -0.39 is 0 Å². The molecule has 2 aromatic carbocycles. The summed E-state index contributed by atoms with van der Waals surface area (Å²) in [5, 5.41) is 8.30. The largest absolute Gasteiger partial charge is 0.312 e. The summed E-state index contributed by atoms with van der Waals surface area (Å²) in [6, 6.07) is 17.3. The number of hydrogen-bond donors (Lipinski definition) is 1. The first-order chi connectivity index (χ1) is 12.6. The molecule has 1 saturated carbocycles. The van der Waals surface area contributed by atoms with Gasteiger partial charge in [-0.3, -0.25) is 0 Å². The van der Waals surface area contributed by atoms with Crippen molar-refractivity contribution in [2.24, 2.45) is 0 Å². The number of nitrogens with zero attached hydrogens (tertiary/aromatic N) is 2. The lowest BCUT2D eigenvalue weighted by Crippen LogP contribution is -2.26. The van der Waals surface area contributed by atoms with Gasteiger partial charge in [-0.2, -0.15) is 5.10 Å². The van der Waals surface area contributed by atoms with Crippen LogP contribution in [0.4, 0.5) is 4.39 Å². The average Bonchev–Trinajstić information content (AvgIpc) is 3.40. The molecule has 0 bridgehead atoms. The average molecular weight is 386 g/mol. The van der Waals surface area contributed by atoms with Crippen molar-refractivity contribution >= 4 is 12.4 Å². The predicted octanol–water partition coefficient (Wildman–Crippen LogP) is 4.87. The van der Waals surface area contributed by atoms with Gasteiger partial charge in [0.2, 0.25) is 0 Å². The van der Waals surface area contributed by atoms with Gasteiger partial charge in [-0.05, 0) is 56.5 Å². The van der Waals surface area contributed by atoms with Crippen molar-refractivity contribution in [3.63, 3.8) is 0 Å². The first-order valence-electron chi connectivity index (χ1n) is 9.16. The van der Waals surface area contributed by atoms with Gasteiger partial charge in [0.05, 0.1) is 11.4 Å². The van der Waals surface area contributed by atoms with Crippen molar-refractivity contribution in [3.8, 4) is 5.69 Å². The maximum atomic E-state index is 13.2. The number of aromatic nitrogens is 2. The summed E-state index contributed by atoms with van der Waals surface area (Å²) >= 11 is 0. The molecule has 1 aliphatic rings. The van der Waals surface area contributed by atoms with Crippen LogP contribution in [0.15, 0.2) is 54.6 Å². The predicted molar refractivity (Wildman–Crippen MR) is 109 cm³/mol. The molecule has 0 radical (unpaired) electrons. The topological polar surface area (TPSA) is 29.9 Å². The van der Waals surface area contributed by atoms with Crippen molar-refractivity contribution in [2.45, 2.75) is 38.6 Å². The van der Waals surface area contributed by atoms with Gasteiger partial charge in [0.1, 0.15) is 5.82 Å². The van der Waals surface area contributed by atoms with E-state index >= 15 is 0 Å². The van der Waals surface area contributed by atoms with Crippen LogP contribution in [0.1, 0.15) is 35.4 Å². The van der Waals surface area contributed by atoms with Gasteiger partial charge in [0.25, 0.3) is 0 Å². The van der Waals surface area contributed by atoms with Crippen molar-refractivity contribution in [2.75, 3.05) is 6.54 Å². The molecule has 4 rings (SSSR count). The number of aryl methyl sites for hydroxylation is 1. The molecule has 1 heterocycles. The highest BCUT2D eigenvalue weighted by Gasteiger charge is 2.43. The highest BCUT2D eigenvalue weighted by molar-refractivity contribution is 5.85. The van der Waals surface area contributed by atoms with Gasteiger partial charge >= 0.3 is 0 Å². The Balaban J connectivity index is 0.00000210. The molecular formula is C22H25ClFN3. The quantitative estimate of drug-likeness (QED) is 0.656. The van der Waals surface area contributed by atoms with Crippen LogP contribution in [0.3, 0.4) is 0 Å². The Morgan fingerprint density at radius 1 is 1.04 bits per heavy atom. The zero-order valence-corrected chi connectivity index (χ0v) is 16.5. The van der Waals surface area contributed by atoms with Crippen LogP contribution in [0.2, 0.25) is 0 Å². The first kappa shape index (κ1) is 19.6. The second kappa shape index (κ2) is 7.83. The number of nitrogens with one attached hydrogen (secondary N) is 1. The molecule has 142 valence electrons. The molecule has 1 aromatic heterocycles. The Hall–Kier alpha value is -2.17. The van der Waals surface area contributed by atoms with Gasteiger partial charge in [-0.25, -0.2) is 9.07 Å². The van der Waals surface area contributed by atoms with Crippen molar-refractivity contribution in [1.29, 1.82) is 0 Å². The van der Waals surface area contributed by atoms with Crippen LogP contribution >= 0.6 is 12.4 Å². The molecule has 0 saturated heterocycles. The van der Waals surface area contributed by atoms with E-state index in [0.717, 1.165) is 30.2 Å². The maximum absolute atomic E-state index is 13.2. The Labute approximate surface area is 166 Å². The molecule has 3 nitrogen and oxygen atoms in total. The molecule has 3 aromatic rings. The van der Waals surface area contributed by atoms with Crippen molar-refractivity contribution in [3.05, 3.63) is 82.9 Å². The Bertz CT molecular complexity index is 899. The van der Waals surface area contributed by atoms with Crippen LogP contribution in [-0.4, -0.2) is 16.3 Å². The van der Waals surface area contributed by atoms with Crippen molar-refractivity contribution in [1.82, 2.24) is 15.1 Å². The van der Waals surface area contributed by atoms with Crippen LogP contribution in [0.25, 0.3) is 5.69 Å². The van der Waals surface area contributed by atoms with Gasteiger partial charge < -0.3 is 5.32 Å². The minimum absolute atomic E-state index is 0. The smallest absolute Gasteiger partial charge is 0.123 e. The molecule has 1 aliphatic carbocycles. The minimum atomic E-state index is -0.229. The zero-order valence-electron chi connectivity index (χ0n) is 15.7. The normalized spacial score (nSPS) is 14.6. The molecule has 0 aliphatic heterocycles. The van der Waals surface area contributed by atoms with E-state index in [4.69, 9.17) is 0 Å².